The smallest absolute Gasteiger partial charge is 0.296 e. The van der Waals surface area contributed by atoms with Gasteiger partial charge in [0, 0.05) is 16.0 Å². The Kier molecular flexibility index (Phi) is 7.43. The highest BCUT2D eigenvalue weighted by Gasteiger charge is 2.29. The first-order chi connectivity index (χ1) is 16.9. The summed E-state index contributed by atoms with van der Waals surface area (Å²) < 4.78 is 84.6. The number of hydrogen-bond donors (Lipinski definition) is 4. The SMILES string of the molecule is NS(=O)(=O)Nc1cccc(Cc2cc(C(=O)NC3CC3)c(Nc3ccc(I)cc3F)c(F)c2F)c1F. The molecule has 1 fully saturated rings. The van der Waals surface area contributed by atoms with E-state index in [1.165, 1.54) is 24.3 Å². The zero-order valence-electron chi connectivity index (χ0n) is 18.3. The van der Waals surface area contributed by atoms with E-state index in [4.69, 9.17) is 5.14 Å². The Morgan fingerprint density at radius 2 is 1.69 bits per heavy atom. The fourth-order valence-electron chi connectivity index (χ4n) is 3.48. The van der Waals surface area contributed by atoms with Crippen molar-refractivity contribution in [3.8, 4) is 0 Å². The van der Waals surface area contributed by atoms with Crippen LogP contribution in [0, 0.1) is 26.8 Å². The number of rotatable bonds is 8. The summed E-state index contributed by atoms with van der Waals surface area (Å²) in [4.78, 5) is 12.9. The second kappa shape index (κ2) is 10.2. The Hall–Kier alpha value is -2.91. The van der Waals surface area contributed by atoms with Gasteiger partial charge in [-0.15, -0.1) is 0 Å². The number of hydrogen-bond acceptors (Lipinski definition) is 4. The Balaban J connectivity index is 1.76. The van der Waals surface area contributed by atoms with Crippen molar-refractivity contribution in [3.05, 3.63) is 86.0 Å². The molecule has 1 saturated carbocycles. The van der Waals surface area contributed by atoms with Gasteiger partial charge in [0.25, 0.3) is 16.1 Å². The maximum absolute atomic E-state index is 15.3. The van der Waals surface area contributed by atoms with Crippen molar-refractivity contribution in [2.75, 3.05) is 10.0 Å². The lowest BCUT2D eigenvalue weighted by molar-refractivity contribution is 0.0951. The van der Waals surface area contributed by atoms with Crippen molar-refractivity contribution in [1.29, 1.82) is 0 Å². The molecule has 0 aliphatic heterocycles. The monoisotopic (exact) mass is 634 g/mol. The third kappa shape index (κ3) is 6.07. The maximum atomic E-state index is 15.3. The predicted octanol–water partition coefficient (Wildman–Crippen LogP) is 4.69. The van der Waals surface area contributed by atoms with Crippen molar-refractivity contribution in [2.45, 2.75) is 25.3 Å². The van der Waals surface area contributed by atoms with Gasteiger partial charge in [0.1, 0.15) is 5.82 Å². The number of nitrogens with two attached hydrogens (primary N) is 1. The molecule has 0 bridgehead atoms. The van der Waals surface area contributed by atoms with Crippen LogP contribution in [0.4, 0.5) is 34.6 Å². The molecule has 0 atom stereocenters. The second-order valence-electron chi connectivity index (χ2n) is 8.19. The molecule has 3 aromatic rings. The van der Waals surface area contributed by atoms with Crippen molar-refractivity contribution < 1.29 is 30.8 Å². The van der Waals surface area contributed by atoms with Gasteiger partial charge in [0.15, 0.2) is 17.5 Å². The molecular formula is C23H19F4IN4O3S. The normalized spacial score (nSPS) is 13.4. The average Bonchev–Trinajstić information content (AvgIpc) is 3.60. The van der Waals surface area contributed by atoms with Gasteiger partial charge in [-0.1, -0.05) is 12.1 Å². The van der Waals surface area contributed by atoms with Crippen molar-refractivity contribution >= 4 is 55.8 Å². The second-order valence-corrected chi connectivity index (χ2v) is 10.7. The van der Waals surface area contributed by atoms with Gasteiger partial charge in [-0.05, 0) is 76.9 Å². The summed E-state index contributed by atoms with van der Waals surface area (Å²) in [6.45, 7) is 0. The Morgan fingerprint density at radius 3 is 2.33 bits per heavy atom. The summed E-state index contributed by atoms with van der Waals surface area (Å²) in [6.07, 6.45) is 0.939. The third-order valence-corrected chi connectivity index (χ3v) is 6.52. The zero-order chi connectivity index (χ0) is 26.2. The van der Waals surface area contributed by atoms with Crippen LogP contribution in [0.25, 0.3) is 0 Å². The minimum atomic E-state index is -4.29. The number of anilines is 3. The number of halogens is 5. The number of carbonyl (C=O) groups is 1. The predicted molar refractivity (Wildman–Crippen MR) is 135 cm³/mol. The van der Waals surface area contributed by atoms with E-state index in [1.807, 2.05) is 22.6 Å². The standard InChI is InChI=1S/C23H19F4IN4O3S/c24-16-10-13(28)4-7-17(16)31-22-15(23(33)30-14-5-6-14)9-12(20(26)21(22)27)8-11-2-1-3-18(19(11)25)32-36(29,34)35/h1-4,7,9-10,14,31-32H,5-6,8H2,(H,30,33)(H2,29,34,35). The summed E-state index contributed by atoms with van der Waals surface area (Å²) in [5, 5.41) is 10.0. The molecule has 5 N–H and O–H groups in total. The third-order valence-electron chi connectivity index (χ3n) is 5.34. The molecule has 7 nitrogen and oxygen atoms in total. The van der Waals surface area contributed by atoms with E-state index in [-0.39, 0.29) is 28.4 Å². The van der Waals surface area contributed by atoms with Crippen LogP contribution in [0.5, 0.6) is 0 Å². The molecule has 3 aromatic carbocycles. The lowest BCUT2D eigenvalue weighted by atomic mass is 9.99. The highest BCUT2D eigenvalue weighted by atomic mass is 127. The topological polar surface area (TPSA) is 113 Å². The number of nitrogens with one attached hydrogen (secondary N) is 3. The quantitative estimate of drug-likeness (QED) is 0.213. The summed E-state index contributed by atoms with van der Waals surface area (Å²) in [5.41, 5.74) is -2.06. The number of carbonyl (C=O) groups excluding carboxylic acids is 1. The van der Waals surface area contributed by atoms with E-state index in [0.717, 1.165) is 25.0 Å². The van der Waals surface area contributed by atoms with Crippen LogP contribution in [0.3, 0.4) is 0 Å². The van der Waals surface area contributed by atoms with Crippen LogP contribution in [0.15, 0.2) is 42.5 Å². The molecule has 1 aliphatic carbocycles. The lowest BCUT2D eigenvalue weighted by Crippen LogP contribution is -2.27. The molecular weight excluding hydrogens is 615 g/mol. The Labute approximate surface area is 217 Å². The van der Waals surface area contributed by atoms with Gasteiger partial charge in [0.05, 0.1) is 22.6 Å². The first-order valence-corrected chi connectivity index (χ1v) is 13.2. The van der Waals surface area contributed by atoms with Crippen LogP contribution < -0.4 is 20.5 Å². The van der Waals surface area contributed by atoms with Crippen molar-refractivity contribution in [3.63, 3.8) is 0 Å². The summed E-state index contributed by atoms with van der Waals surface area (Å²) in [6, 6.07) is 8.65. The fourth-order valence-corrected chi connectivity index (χ4v) is 4.40. The minimum absolute atomic E-state index is 0.115. The highest BCUT2D eigenvalue weighted by Crippen LogP contribution is 2.33. The summed E-state index contributed by atoms with van der Waals surface area (Å²) in [7, 11) is -4.29. The van der Waals surface area contributed by atoms with E-state index in [0.29, 0.717) is 3.57 Å². The molecule has 190 valence electrons. The first kappa shape index (κ1) is 26.2. The van der Waals surface area contributed by atoms with E-state index in [9.17, 15) is 22.0 Å². The summed E-state index contributed by atoms with van der Waals surface area (Å²) >= 11 is 1.89. The average molecular weight is 634 g/mol. The largest absolute Gasteiger partial charge is 0.350 e. The first-order valence-electron chi connectivity index (χ1n) is 10.5. The van der Waals surface area contributed by atoms with E-state index in [2.05, 4.69) is 10.6 Å². The van der Waals surface area contributed by atoms with Gasteiger partial charge in [-0.25, -0.2) is 22.7 Å². The van der Waals surface area contributed by atoms with Crippen LogP contribution in [0.1, 0.15) is 34.3 Å². The van der Waals surface area contributed by atoms with Crippen LogP contribution in [-0.2, 0) is 16.6 Å². The maximum Gasteiger partial charge on any atom is 0.296 e. The van der Waals surface area contributed by atoms with Gasteiger partial charge >= 0.3 is 0 Å². The van der Waals surface area contributed by atoms with E-state index < -0.39 is 57.2 Å². The molecule has 0 spiro atoms. The molecule has 0 heterocycles. The van der Waals surface area contributed by atoms with Gasteiger partial charge in [0.2, 0.25) is 0 Å². The van der Waals surface area contributed by atoms with Crippen LogP contribution >= 0.6 is 22.6 Å². The Bertz CT molecular complexity index is 1470. The number of benzene rings is 3. The molecule has 1 amide bonds. The van der Waals surface area contributed by atoms with E-state index in [1.54, 1.807) is 10.8 Å². The van der Waals surface area contributed by atoms with Crippen LogP contribution in [0.2, 0.25) is 0 Å². The van der Waals surface area contributed by atoms with Crippen LogP contribution in [-0.4, -0.2) is 20.4 Å². The lowest BCUT2D eigenvalue weighted by Gasteiger charge is -2.17. The van der Waals surface area contributed by atoms with Gasteiger partial charge in [-0.3, -0.25) is 9.52 Å². The molecule has 36 heavy (non-hydrogen) atoms. The van der Waals surface area contributed by atoms with E-state index >= 15 is 8.78 Å². The molecule has 0 radical (unpaired) electrons. The van der Waals surface area contributed by atoms with Gasteiger partial charge < -0.3 is 10.6 Å². The highest BCUT2D eigenvalue weighted by molar-refractivity contribution is 14.1. The van der Waals surface area contributed by atoms with Crippen molar-refractivity contribution in [1.82, 2.24) is 5.32 Å². The van der Waals surface area contributed by atoms with Crippen molar-refractivity contribution in [2.24, 2.45) is 5.14 Å². The molecule has 4 rings (SSSR count). The molecule has 0 unspecified atom stereocenters. The molecule has 0 saturated heterocycles. The molecule has 0 aromatic heterocycles. The van der Waals surface area contributed by atoms with Gasteiger partial charge in [-0.2, -0.15) is 8.42 Å². The minimum Gasteiger partial charge on any atom is -0.350 e. The Morgan fingerprint density at radius 1 is 0.972 bits per heavy atom. The fraction of sp³-hybridized carbons (Fsp3) is 0.174. The number of amides is 1. The molecule has 13 heteroatoms. The zero-order valence-corrected chi connectivity index (χ0v) is 21.3. The summed E-state index contributed by atoms with van der Waals surface area (Å²) in [5.74, 6) is -5.32. The molecule has 1 aliphatic rings.